The predicted octanol–water partition coefficient (Wildman–Crippen LogP) is 4.59. The van der Waals surface area contributed by atoms with Gasteiger partial charge in [0.15, 0.2) is 11.5 Å². The summed E-state index contributed by atoms with van der Waals surface area (Å²) in [5.74, 6) is 5.10. The highest BCUT2D eigenvalue weighted by atomic mass is 32.2. The van der Waals surface area contributed by atoms with Crippen LogP contribution in [0, 0.1) is 0 Å². The molecule has 20 heavy (non-hydrogen) atoms. The Hall–Kier alpha value is -0.480. The Labute approximate surface area is 129 Å². The van der Waals surface area contributed by atoms with Crippen LogP contribution < -0.4 is 9.47 Å². The molecule has 1 saturated heterocycles. The van der Waals surface area contributed by atoms with E-state index >= 15 is 0 Å². The molecule has 0 N–H and O–H groups in total. The first-order valence-electron chi connectivity index (χ1n) is 7.48. The van der Waals surface area contributed by atoms with E-state index in [9.17, 15) is 0 Å². The highest BCUT2D eigenvalue weighted by molar-refractivity contribution is 8.19. The summed E-state index contributed by atoms with van der Waals surface area (Å²) in [6.07, 6.45) is 5.51. The fourth-order valence-corrected chi connectivity index (χ4v) is 6.45. The summed E-state index contributed by atoms with van der Waals surface area (Å²) in [4.78, 5) is 0. The third kappa shape index (κ3) is 2.12. The van der Waals surface area contributed by atoms with E-state index in [1.165, 1.54) is 48.3 Å². The maximum Gasteiger partial charge on any atom is 0.165 e. The maximum absolute atomic E-state index is 6.21. The van der Waals surface area contributed by atoms with Crippen LogP contribution in [0.3, 0.4) is 0 Å². The zero-order valence-electron chi connectivity index (χ0n) is 11.8. The van der Waals surface area contributed by atoms with Gasteiger partial charge in [-0.15, -0.1) is 23.5 Å². The Morgan fingerprint density at radius 3 is 2.75 bits per heavy atom. The quantitative estimate of drug-likeness (QED) is 0.795. The first-order valence-corrected chi connectivity index (χ1v) is 9.58. The van der Waals surface area contributed by atoms with E-state index in [2.05, 4.69) is 35.7 Å². The number of methoxy groups -OCH3 is 1. The van der Waals surface area contributed by atoms with Crippen LogP contribution >= 0.6 is 23.5 Å². The molecule has 108 valence electrons. The Bertz CT molecular complexity index is 511. The van der Waals surface area contributed by atoms with Gasteiger partial charge in [-0.05, 0) is 37.0 Å². The van der Waals surface area contributed by atoms with Gasteiger partial charge in [-0.25, -0.2) is 0 Å². The molecule has 2 atom stereocenters. The van der Waals surface area contributed by atoms with Crippen molar-refractivity contribution in [3.8, 4) is 11.5 Å². The van der Waals surface area contributed by atoms with Gasteiger partial charge in [0.1, 0.15) is 6.10 Å². The molecule has 1 aromatic carbocycles. The van der Waals surface area contributed by atoms with Crippen molar-refractivity contribution in [2.45, 2.75) is 42.3 Å². The second-order valence-electron chi connectivity index (χ2n) is 5.76. The van der Waals surface area contributed by atoms with Crippen LogP contribution in [0.1, 0.15) is 47.3 Å². The van der Waals surface area contributed by atoms with Crippen molar-refractivity contribution in [1.82, 2.24) is 0 Å². The third-order valence-electron chi connectivity index (χ3n) is 4.59. The Kier molecular flexibility index (Phi) is 3.55. The van der Waals surface area contributed by atoms with Crippen LogP contribution in [0.2, 0.25) is 0 Å². The van der Waals surface area contributed by atoms with Gasteiger partial charge in [0.25, 0.3) is 0 Å². The normalized spacial score (nSPS) is 28.9. The first kappa shape index (κ1) is 13.2. The Balaban J connectivity index is 1.75. The maximum atomic E-state index is 6.21. The minimum Gasteiger partial charge on any atom is -0.493 e. The molecule has 4 rings (SSSR count). The van der Waals surface area contributed by atoms with E-state index in [1.807, 2.05) is 0 Å². The third-order valence-corrected chi connectivity index (χ3v) is 7.70. The number of rotatable bonds is 2. The van der Waals surface area contributed by atoms with Crippen molar-refractivity contribution in [3.05, 3.63) is 23.3 Å². The largest absolute Gasteiger partial charge is 0.493 e. The lowest BCUT2D eigenvalue weighted by Gasteiger charge is -2.23. The summed E-state index contributed by atoms with van der Waals surface area (Å²) >= 11 is 4.11. The van der Waals surface area contributed by atoms with Crippen LogP contribution in [-0.4, -0.2) is 24.7 Å². The minimum atomic E-state index is 0.395. The highest BCUT2D eigenvalue weighted by Gasteiger charge is 2.38. The van der Waals surface area contributed by atoms with E-state index in [0.717, 1.165) is 11.5 Å². The van der Waals surface area contributed by atoms with Crippen molar-refractivity contribution in [2.75, 3.05) is 18.6 Å². The van der Waals surface area contributed by atoms with Crippen molar-refractivity contribution in [3.63, 3.8) is 0 Å². The molecule has 0 amide bonds. The number of hydrogen-bond acceptors (Lipinski definition) is 4. The standard InChI is InChI=1S/C16H20O2S2/c1-17-14-9-10(16-19-6-7-20-16)8-12-11-4-2-3-5-13(11)18-15(12)14/h8-9,11,13,16H,2-7H2,1H3/t11-,13-/m1/s1. The molecule has 1 aromatic rings. The predicted molar refractivity (Wildman–Crippen MR) is 86.3 cm³/mol. The van der Waals surface area contributed by atoms with Gasteiger partial charge in [-0.2, -0.15) is 0 Å². The number of fused-ring (bicyclic) bond motifs is 3. The van der Waals surface area contributed by atoms with Gasteiger partial charge < -0.3 is 9.47 Å². The van der Waals surface area contributed by atoms with Crippen LogP contribution in [0.15, 0.2) is 12.1 Å². The van der Waals surface area contributed by atoms with E-state index in [0.29, 0.717) is 16.6 Å². The number of thioether (sulfide) groups is 2. The van der Waals surface area contributed by atoms with Gasteiger partial charge >= 0.3 is 0 Å². The van der Waals surface area contributed by atoms with Crippen LogP contribution in [-0.2, 0) is 0 Å². The summed E-state index contributed by atoms with van der Waals surface area (Å²) in [5, 5.41) is 0. The van der Waals surface area contributed by atoms with Crippen molar-refractivity contribution >= 4 is 23.5 Å². The second kappa shape index (κ2) is 5.38. The summed E-state index contributed by atoms with van der Waals surface area (Å²) < 4.78 is 12.4. The molecule has 2 heterocycles. The molecule has 2 fully saturated rings. The molecule has 0 spiro atoms. The number of benzene rings is 1. The molecular formula is C16H20O2S2. The zero-order valence-corrected chi connectivity index (χ0v) is 13.4. The van der Waals surface area contributed by atoms with Gasteiger partial charge in [-0.3, -0.25) is 0 Å². The molecule has 3 aliphatic rings. The molecule has 2 nitrogen and oxygen atoms in total. The van der Waals surface area contributed by atoms with Gasteiger partial charge in [0.05, 0.1) is 11.7 Å². The van der Waals surface area contributed by atoms with Gasteiger partial charge in [0.2, 0.25) is 0 Å². The highest BCUT2D eigenvalue weighted by Crippen LogP contribution is 2.53. The summed E-state index contributed by atoms with van der Waals surface area (Å²) in [6, 6.07) is 4.61. The van der Waals surface area contributed by atoms with E-state index in [-0.39, 0.29) is 0 Å². The van der Waals surface area contributed by atoms with Crippen LogP contribution in [0.4, 0.5) is 0 Å². The Morgan fingerprint density at radius 2 is 1.95 bits per heavy atom. The first-order chi connectivity index (χ1) is 9.86. The molecule has 0 unspecified atom stereocenters. The summed E-state index contributed by atoms with van der Waals surface area (Å²) in [6.45, 7) is 0. The monoisotopic (exact) mass is 308 g/mol. The SMILES string of the molecule is COc1cc(C2SCCS2)cc2c1O[C@@H]1CCCC[C@H]21. The van der Waals surface area contributed by atoms with E-state index in [4.69, 9.17) is 9.47 Å². The van der Waals surface area contributed by atoms with Crippen molar-refractivity contribution < 1.29 is 9.47 Å². The molecule has 4 heteroatoms. The lowest BCUT2D eigenvalue weighted by molar-refractivity contribution is 0.160. The number of ether oxygens (including phenoxy) is 2. The average molecular weight is 308 g/mol. The lowest BCUT2D eigenvalue weighted by Crippen LogP contribution is -2.22. The molecule has 2 aliphatic heterocycles. The fraction of sp³-hybridized carbons (Fsp3) is 0.625. The smallest absolute Gasteiger partial charge is 0.165 e. The summed E-state index contributed by atoms with van der Waals surface area (Å²) in [5.41, 5.74) is 2.83. The van der Waals surface area contributed by atoms with Crippen molar-refractivity contribution in [1.29, 1.82) is 0 Å². The second-order valence-corrected chi connectivity index (χ2v) is 8.49. The lowest BCUT2D eigenvalue weighted by atomic mass is 9.83. The van der Waals surface area contributed by atoms with E-state index < -0.39 is 0 Å². The Morgan fingerprint density at radius 1 is 1.15 bits per heavy atom. The summed E-state index contributed by atoms with van der Waals surface area (Å²) in [7, 11) is 1.76. The van der Waals surface area contributed by atoms with Crippen LogP contribution in [0.5, 0.6) is 11.5 Å². The molecule has 0 bridgehead atoms. The molecular weight excluding hydrogens is 288 g/mol. The zero-order chi connectivity index (χ0) is 13.5. The topological polar surface area (TPSA) is 18.5 Å². The molecule has 1 saturated carbocycles. The number of hydrogen-bond donors (Lipinski definition) is 0. The molecule has 0 radical (unpaired) electrons. The fourth-order valence-electron chi connectivity index (χ4n) is 3.63. The molecule has 0 aromatic heterocycles. The van der Waals surface area contributed by atoms with Gasteiger partial charge in [-0.1, -0.05) is 6.42 Å². The van der Waals surface area contributed by atoms with Crippen molar-refractivity contribution in [2.24, 2.45) is 0 Å². The average Bonchev–Trinajstić information content (AvgIpc) is 3.13. The van der Waals surface area contributed by atoms with Crippen LogP contribution in [0.25, 0.3) is 0 Å². The minimum absolute atomic E-state index is 0.395. The van der Waals surface area contributed by atoms with Gasteiger partial charge in [0, 0.05) is 23.0 Å². The van der Waals surface area contributed by atoms with E-state index in [1.54, 1.807) is 7.11 Å². The molecule has 1 aliphatic carbocycles.